The van der Waals surface area contributed by atoms with E-state index in [0.29, 0.717) is 18.3 Å². The minimum atomic E-state index is -0.117. The molecular weight excluding hydrogens is 192 g/mol. The molecule has 0 aliphatic heterocycles. The Morgan fingerprint density at radius 2 is 2.20 bits per heavy atom. The van der Waals surface area contributed by atoms with Crippen LogP contribution in [0.2, 0.25) is 0 Å². The van der Waals surface area contributed by atoms with Gasteiger partial charge < -0.3 is 15.2 Å². The first-order chi connectivity index (χ1) is 7.13. The number of hydrogen-bond acceptors (Lipinski definition) is 5. The van der Waals surface area contributed by atoms with Crippen LogP contribution in [0.25, 0.3) is 0 Å². The maximum Gasteiger partial charge on any atom is 0.243 e. The Balaban J connectivity index is 2.51. The first-order valence-electron chi connectivity index (χ1n) is 5.36. The van der Waals surface area contributed by atoms with Crippen molar-refractivity contribution >= 4 is 0 Å². The van der Waals surface area contributed by atoms with E-state index in [1.807, 2.05) is 19.0 Å². The van der Waals surface area contributed by atoms with Gasteiger partial charge in [0.25, 0.3) is 0 Å². The van der Waals surface area contributed by atoms with Crippen LogP contribution in [0.3, 0.4) is 0 Å². The fourth-order valence-corrected chi connectivity index (χ4v) is 1.31. The third-order valence-corrected chi connectivity index (χ3v) is 2.13. The average Bonchev–Trinajstić information content (AvgIpc) is 2.61. The largest absolute Gasteiger partial charge is 0.338 e. The van der Waals surface area contributed by atoms with Crippen LogP contribution < -0.4 is 5.73 Å². The monoisotopic (exact) mass is 212 g/mol. The summed E-state index contributed by atoms with van der Waals surface area (Å²) >= 11 is 0. The van der Waals surface area contributed by atoms with E-state index in [0.717, 1.165) is 19.3 Å². The van der Waals surface area contributed by atoms with E-state index in [1.165, 1.54) is 0 Å². The molecule has 2 N–H and O–H groups in total. The van der Waals surface area contributed by atoms with Gasteiger partial charge in [-0.3, -0.25) is 0 Å². The minimum absolute atomic E-state index is 0.117. The van der Waals surface area contributed by atoms with Gasteiger partial charge in [-0.05, 0) is 20.5 Å². The topological polar surface area (TPSA) is 68.2 Å². The highest BCUT2D eigenvalue weighted by Crippen LogP contribution is 2.14. The van der Waals surface area contributed by atoms with Crippen LogP contribution in [0.4, 0.5) is 0 Å². The molecule has 5 nitrogen and oxygen atoms in total. The van der Waals surface area contributed by atoms with Crippen LogP contribution >= 0.6 is 0 Å². The Hall–Kier alpha value is -0.940. The molecule has 0 aromatic carbocycles. The lowest BCUT2D eigenvalue weighted by molar-refractivity contribution is 0.331. The summed E-state index contributed by atoms with van der Waals surface area (Å²) in [6, 6.07) is -0.117. The smallest absolute Gasteiger partial charge is 0.243 e. The second-order valence-electron chi connectivity index (χ2n) is 4.04. The molecule has 0 amide bonds. The maximum atomic E-state index is 5.92. The molecule has 1 heterocycles. The fourth-order valence-electron chi connectivity index (χ4n) is 1.31. The van der Waals surface area contributed by atoms with Gasteiger partial charge in [0.2, 0.25) is 5.89 Å². The summed E-state index contributed by atoms with van der Waals surface area (Å²) in [5, 5.41) is 3.88. The zero-order valence-corrected chi connectivity index (χ0v) is 9.73. The van der Waals surface area contributed by atoms with E-state index in [4.69, 9.17) is 10.3 Å². The molecule has 0 saturated carbocycles. The molecule has 86 valence electrons. The quantitative estimate of drug-likeness (QED) is 0.770. The molecule has 1 atom stereocenters. The molecule has 1 rings (SSSR count). The van der Waals surface area contributed by atoms with Gasteiger partial charge in [0, 0.05) is 0 Å². The Labute approximate surface area is 90.6 Å². The number of nitrogens with two attached hydrogens (primary N) is 1. The summed E-state index contributed by atoms with van der Waals surface area (Å²) in [7, 11) is 3.93. The molecule has 1 unspecified atom stereocenters. The summed E-state index contributed by atoms with van der Waals surface area (Å²) in [4.78, 5) is 6.25. The van der Waals surface area contributed by atoms with Gasteiger partial charge in [-0.15, -0.1) is 0 Å². The summed E-state index contributed by atoms with van der Waals surface area (Å²) in [6.45, 7) is 2.82. The zero-order chi connectivity index (χ0) is 11.3. The van der Waals surface area contributed by atoms with Crippen LogP contribution in [0.1, 0.15) is 43.9 Å². The summed E-state index contributed by atoms with van der Waals surface area (Å²) in [6.07, 6.45) is 3.12. The third-order valence-electron chi connectivity index (χ3n) is 2.13. The fraction of sp³-hybridized carbons (Fsp3) is 0.800. The van der Waals surface area contributed by atoms with Gasteiger partial charge >= 0.3 is 0 Å². The van der Waals surface area contributed by atoms with E-state index in [1.54, 1.807) is 0 Å². The predicted molar refractivity (Wildman–Crippen MR) is 58.1 cm³/mol. The number of aromatic nitrogens is 2. The molecule has 0 aliphatic carbocycles. The molecule has 0 saturated heterocycles. The van der Waals surface area contributed by atoms with Gasteiger partial charge in [-0.25, -0.2) is 0 Å². The second kappa shape index (κ2) is 5.82. The molecule has 1 aromatic rings. The van der Waals surface area contributed by atoms with Gasteiger partial charge in [0.15, 0.2) is 5.82 Å². The molecule has 0 aliphatic rings. The Morgan fingerprint density at radius 3 is 2.80 bits per heavy atom. The zero-order valence-electron chi connectivity index (χ0n) is 9.73. The van der Waals surface area contributed by atoms with Crippen molar-refractivity contribution in [2.45, 2.75) is 38.8 Å². The van der Waals surface area contributed by atoms with Crippen molar-refractivity contribution in [3.63, 3.8) is 0 Å². The van der Waals surface area contributed by atoms with Gasteiger partial charge in [-0.2, -0.15) is 4.98 Å². The molecule has 0 bridgehead atoms. The predicted octanol–water partition coefficient (Wildman–Crippen LogP) is 1.32. The molecular formula is C10H20N4O. The first-order valence-corrected chi connectivity index (χ1v) is 5.36. The lowest BCUT2D eigenvalue weighted by Crippen LogP contribution is -2.13. The number of nitrogens with zero attached hydrogens (tertiary/aromatic N) is 3. The van der Waals surface area contributed by atoms with E-state index in [2.05, 4.69) is 17.1 Å². The van der Waals surface area contributed by atoms with Crippen molar-refractivity contribution in [2.75, 3.05) is 14.1 Å². The summed E-state index contributed by atoms with van der Waals surface area (Å²) < 4.78 is 5.11. The second-order valence-corrected chi connectivity index (χ2v) is 4.04. The lowest BCUT2D eigenvalue weighted by Gasteiger charge is -2.05. The van der Waals surface area contributed by atoms with Gasteiger partial charge in [0.05, 0.1) is 12.6 Å². The maximum absolute atomic E-state index is 5.92. The Kier molecular flexibility index (Phi) is 4.71. The van der Waals surface area contributed by atoms with Crippen molar-refractivity contribution in [1.29, 1.82) is 0 Å². The molecule has 15 heavy (non-hydrogen) atoms. The molecule has 0 radical (unpaired) electrons. The van der Waals surface area contributed by atoms with Crippen molar-refractivity contribution in [3.05, 3.63) is 11.7 Å². The van der Waals surface area contributed by atoms with Crippen molar-refractivity contribution < 1.29 is 4.52 Å². The molecule has 5 heteroatoms. The minimum Gasteiger partial charge on any atom is -0.338 e. The summed E-state index contributed by atoms with van der Waals surface area (Å²) in [5.41, 5.74) is 5.92. The van der Waals surface area contributed by atoms with E-state index < -0.39 is 0 Å². The molecule has 0 fully saturated rings. The van der Waals surface area contributed by atoms with E-state index in [9.17, 15) is 0 Å². The third kappa shape index (κ3) is 3.97. The van der Waals surface area contributed by atoms with Gasteiger partial charge in [0.1, 0.15) is 0 Å². The highest BCUT2D eigenvalue weighted by molar-refractivity contribution is 4.91. The first kappa shape index (κ1) is 12.1. The Morgan fingerprint density at radius 1 is 1.47 bits per heavy atom. The number of hydrogen-bond donors (Lipinski definition) is 1. The lowest BCUT2D eigenvalue weighted by atomic mass is 10.1. The van der Waals surface area contributed by atoms with Crippen molar-refractivity contribution in [1.82, 2.24) is 15.0 Å². The Bertz CT molecular complexity index is 285. The van der Waals surface area contributed by atoms with Crippen LogP contribution in [-0.2, 0) is 6.54 Å². The SMILES string of the molecule is CCCCC(N)c1nc(CN(C)C)no1. The van der Waals surface area contributed by atoms with E-state index in [-0.39, 0.29) is 6.04 Å². The molecule has 0 spiro atoms. The summed E-state index contributed by atoms with van der Waals surface area (Å²) in [5.74, 6) is 1.25. The highest BCUT2D eigenvalue weighted by atomic mass is 16.5. The van der Waals surface area contributed by atoms with Crippen LogP contribution in [0.15, 0.2) is 4.52 Å². The highest BCUT2D eigenvalue weighted by Gasteiger charge is 2.14. The molecule has 1 aromatic heterocycles. The van der Waals surface area contributed by atoms with Crippen molar-refractivity contribution in [2.24, 2.45) is 5.73 Å². The van der Waals surface area contributed by atoms with E-state index >= 15 is 0 Å². The average molecular weight is 212 g/mol. The van der Waals surface area contributed by atoms with Crippen molar-refractivity contribution in [3.8, 4) is 0 Å². The van der Waals surface area contributed by atoms with Gasteiger partial charge in [-0.1, -0.05) is 24.9 Å². The number of unbranched alkanes of at least 4 members (excludes halogenated alkanes) is 1. The normalized spacial score (nSPS) is 13.4. The number of rotatable bonds is 6. The van der Waals surface area contributed by atoms with Crippen LogP contribution in [0, 0.1) is 0 Å². The standard InChI is InChI=1S/C10H20N4O/c1-4-5-6-8(11)10-12-9(13-15-10)7-14(2)3/h8H,4-7,11H2,1-3H3. The van der Waals surface area contributed by atoms with Crippen LogP contribution in [-0.4, -0.2) is 29.1 Å². The van der Waals surface area contributed by atoms with Crippen LogP contribution in [0.5, 0.6) is 0 Å².